The molecule has 0 unspecified atom stereocenters. The predicted octanol–water partition coefficient (Wildman–Crippen LogP) is 7.06. The van der Waals surface area contributed by atoms with Crippen molar-refractivity contribution in [2.45, 2.75) is 79.2 Å². The molecule has 5 rings (SSSR count). The van der Waals surface area contributed by atoms with Crippen molar-refractivity contribution in [2.75, 3.05) is 6.54 Å². The average Bonchev–Trinajstić information content (AvgIpc) is 2.87. The molecule has 2 aromatic rings. The molecule has 2 aromatic carbocycles. The molecular formula is C34H39NO5. The molecule has 0 spiro atoms. The summed E-state index contributed by atoms with van der Waals surface area (Å²) in [5.74, 6) is -0.578. The Labute approximate surface area is 236 Å². The van der Waals surface area contributed by atoms with Gasteiger partial charge in [-0.1, -0.05) is 65.0 Å². The van der Waals surface area contributed by atoms with Gasteiger partial charge in [0.15, 0.2) is 11.6 Å². The van der Waals surface area contributed by atoms with Crippen molar-refractivity contribution in [2.24, 2.45) is 10.8 Å². The summed E-state index contributed by atoms with van der Waals surface area (Å²) in [6.07, 6.45) is 3.39. The van der Waals surface area contributed by atoms with Gasteiger partial charge in [-0.15, -0.1) is 0 Å². The summed E-state index contributed by atoms with van der Waals surface area (Å²) in [4.78, 5) is 41.5. The van der Waals surface area contributed by atoms with Crippen LogP contribution in [0.15, 0.2) is 71.1 Å². The van der Waals surface area contributed by atoms with Gasteiger partial charge in [-0.3, -0.25) is 9.59 Å². The van der Waals surface area contributed by atoms with Gasteiger partial charge in [-0.25, -0.2) is 4.79 Å². The van der Waals surface area contributed by atoms with E-state index < -0.39 is 11.9 Å². The minimum Gasteiger partial charge on any atom is -0.489 e. The number of nitrogens with zero attached hydrogens (tertiary/aromatic N) is 1. The molecule has 0 radical (unpaired) electrons. The first kappa shape index (κ1) is 27.9. The van der Waals surface area contributed by atoms with Gasteiger partial charge in [0.05, 0.1) is 5.56 Å². The van der Waals surface area contributed by atoms with Crippen LogP contribution in [0.3, 0.4) is 0 Å². The molecule has 0 amide bonds. The lowest BCUT2D eigenvalue weighted by molar-refractivity contribution is -0.119. The number of hydrogen-bond acceptors (Lipinski definition) is 5. The molecule has 1 heterocycles. The SMILES string of the molecule is CCCN1C2=C(C(=O)CC(C)(C)C2)C(c2ccccc2OCc2ccc(C(=O)O)cc2)C2=C1CC(C)(C)CC2=O. The number of aromatic carboxylic acids is 1. The molecule has 6 heteroatoms. The molecule has 0 saturated heterocycles. The first-order chi connectivity index (χ1) is 18.9. The number of allylic oxidation sites excluding steroid dienone is 4. The van der Waals surface area contributed by atoms with Crippen LogP contribution in [0.1, 0.15) is 94.1 Å². The maximum absolute atomic E-state index is 14.0. The molecule has 6 nitrogen and oxygen atoms in total. The molecule has 0 saturated carbocycles. The Kier molecular flexibility index (Phi) is 7.24. The van der Waals surface area contributed by atoms with Crippen LogP contribution >= 0.6 is 0 Å². The van der Waals surface area contributed by atoms with Gasteiger partial charge in [0.25, 0.3) is 0 Å². The smallest absolute Gasteiger partial charge is 0.335 e. The number of hydrogen-bond donors (Lipinski definition) is 1. The van der Waals surface area contributed by atoms with Crippen LogP contribution in [0, 0.1) is 10.8 Å². The van der Waals surface area contributed by atoms with E-state index in [0.717, 1.165) is 59.5 Å². The number of carbonyl (C=O) groups excluding carboxylic acids is 2. The van der Waals surface area contributed by atoms with Gasteiger partial charge in [-0.05, 0) is 53.9 Å². The zero-order valence-corrected chi connectivity index (χ0v) is 24.2. The van der Waals surface area contributed by atoms with Gasteiger partial charge in [0.2, 0.25) is 0 Å². The van der Waals surface area contributed by atoms with Gasteiger partial charge >= 0.3 is 5.97 Å². The summed E-state index contributed by atoms with van der Waals surface area (Å²) in [5.41, 5.74) is 5.22. The summed E-state index contributed by atoms with van der Waals surface area (Å²) in [6.45, 7) is 11.8. The fourth-order valence-electron chi connectivity index (χ4n) is 6.61. The largest absolute Gasteiger partial charge is 0.489 e. The molecule has 0 atom stereocenters. The van der Waals surface area contributed by atoms with E-state index in [9.17, 15) is 19.5 Å². The highest BCUT2D eigenvalue weighted by Crippen LogP contribution is 2.55. The van der Waals surface area contributed by atoms with Crippen LogP contribution in [-0.4, -0.2) is 34.1 Å². The number of carboxylic acids is 1. The predicted molar refractivity (Wildman–Crippen MR) is 154 cm³/mol. The quantitative estimate of drug-likeness (QED) is 0.404. The molecule has 40 heavy (non-hydrogen) atoms. The topological polar surface area (TPSA) is 83.9 Å². The Morgan fingerprint density at radius 2 is 1.43 bits per heavy atom. The first-order valence-corrected chi connectivity index (χ1v) is 14.2. The Bertz CT molecular complexity index is 1370. The van der Waals surface area contributed by atoms with Gasteiger partial charge < -0.3 is 14.7 Å². The molecule has 210 valence electrons. The fourth-order valence-corrected chi connectivity index (χ4v) is 6.61. The summed E-state index contributed by atoms with van der Waals surface area (Å²) >= 11 is 0. The summed E-state index contributed by atoms with van der Waals surface area (Å²) in [5, 5.41) is 9.22. The molecule has 2 aliphatic carbocycles. The molecule has 1 N–H and O–H groups in total. The van der Waals surface area contributed by atoms with Crippen LogP contribution in [-0.2, 0) is 16.2 Å². The third-order valence-electron chi connectivity index (χ3n) is 8.29. The lowest BCUT2D eigenvalue weighted by Gasteiger charge is -2.49. The van der Waals surface area contributed by atoms with Crippen molar-refractivity contribution < 1.29 is 24.2 Å². The standard InChI is InChI=1S/C34H39NO5/c1-6-15-35-24-16-33(2,3)18-26(36)30(24)29(31-25(35)17-34(4,5)19-27(31)37)23-9-7-8-10-28(23)40-20-21-11-13-22(14-12-21)32(38)39/h7-14,29H,6,15-20H2,1-5H3,(H,38,39). The zero-order chi connectivity index (χ0) is 28.8. The van der Waals surface area contributed by atoms with E-state index in [-0.39, 0.29) is 34.6 Å². The van der Waals surface area contributed by atoms with E-state index in [1.807, 2.05) is 24.3 Å². The maximum Gasteiger partial charge on any atom is 0.335 e. The number of benzene rings is 2. The normalized spacial score (nSPS) is 20.4. The van der Waals surface area contributed by atoms with Gasteiger partial charge in [-0.2, -0.15) is 0 Å². The lowest BCUT2D eigenvalue weighted by atomic mass is 9.63. The number of ketones is 2. The van der Waals surface area contributed by atoms with Crippen molar-refractivity contribution in [3.8, 4) is 5.75 Å². The van der Waals surface area contributed by atoms with Crippen molar-refractivity contribution in [3.63, 3.8) is 0 Å². The van der Waals surface area contributed by atoms with Crippen LogP contribution in [0.25, 0.3) is 0 Å². The fraction of sp³-hybridized carbons (Fsp3) is 0.441. The minimum atomic E-state index is -0.971. The van der Waals surface area contributed by atoms with Gasteiger partial charge in [0.1, 0.15) is 12.4 Å². The molecule has 0 bridgehead atoms. The second-order valence-electron chi connectivity index (χ2n) is 13.0. The summed E-state index contributed by atoms with van der Waals surface area (Å²) in [7, 11) is 0. The van der Waals surface area contributed by atoms with Crippen LogP contribution in [0.5, 0.6) is 5.75 Å². The van der Waals surface area contributed by atoms with Crippen molar-refractivity contribution >= 4 is 17.5 Å². The van der Waals surface area contributed by atoms with Crippen LogP contribution in [0.4, 0.5) is 0 Å². The second-order valence-corrected chi connectivity index (χ2v) is 13.0. The maximum atomic E-state index is 14.0. The summed E-state index contributed by atoms with van der Waals surface area (Å²) in [6, 6.07) is 14.3. The Morgan fingerprint density at radius 3 is 1.95 bits per heavy atom. The molecule has 1 aliphatic heterocycles. The summed E-state index contributed by atoms with van der Waals surface area (Å²) < 4.78 is 6.33. The van der Waals surface area contributed by atoms with E-state index in [0.29, 0.717) is 18.6 Å². The Morgan fingerprint density at radius 1 is 0.875 bits per heavy atom. The molecular weight excluding hydrogens is 502 g/mol. The third kappa shape index (κ3) is 5.24. The highest BCUT2D eigenvalue weighted by Gasteiger charge is 2.49. The number of carbonyl (C=O) groups is 3. The molecule has 0 fully saturated rings. The number of Topliss-reactive ketones (excluding diaryl/α,β-unsaturated/α-hetero) is 2. The van der Waals surface area contributed by atoms with E-state index in [1.54, 1.807) is 24.3 Å². The third-order valence-corrected chi connectivity index (χ3v) is 8.29. The van der Waals surface area contributed by atoms with Gasteiger partial charge in [0, 0.05) is 53.4 Å². The van der Waals surface area contributed by atoms with E-state index >= 15 is 0 Å². The van der Waals surface area contributed by atoms with Crippen molar-refractivity contribution in [1.29, 1.82) is 0 Å². The van der Waals surface area contributed by atoms with E-state index in [1.165, 1.54) is 0 Å². The second kappa shape index (κ2) is 10.4. The number of para-hydroxylation sites is 1. The van der Waals surface area contributed by atoms with Crippen LogP contribution in [0.2, 0.25) is 0 Å². The number of carboxylic acid groups (broad SMARTS) is 1. The zero-order valence-electron chi connectivity index (χ0n) is 24.2. The van der Waals surface area contributed by atoms with Crippen molar-refractivity contribution in [1.82, 2.24) is 4.90 Å². The number of rotatable bonds is 7. The van der Waals surface area contributed by atoms with E-state index in [4.69, 9.17) is 4.74 Å². The van der Waals surface area contributed by atoms with E-state index in [2.05, 4.69) is 39.5 Å². The lowest BCUT2D eigenvalue weighted by Crippen LogP contribution is -2.44. The first-order valence-electron chi connectivity index (χ1n) is 14.2. The minimum absolute atomic E-state index is 0.112. The Hall–Kier alpha value is -3.67. The highest BCUT2D eigenvalue weighted by molar-refractivity contribution is 6.07. The average molecular weight is 542 g/mol. The monoisotopic (exact) mass is 541 g/mol. The Balaban J connectivity index is 1.62. The van der Waals surface area contributed by atoms with Crippen LogP contribution < -0.4 is 4.74 Å². The highest BCUT2D eigenvalue weighted by atomic mass is 16.5. The number of ether oxygens (including phenoxy) is 1. The molecule has 0 aromatic heterocycles. The van der Waals surface area contributed by atoms with Crippen molar-refractivity contribution in [3.05, 3.63) is 87.8 Å². The molecule has 3 aliphatic rings.